The molecule has 5 nitrogen and oxygen atoms in total. The van der Waals surface area contributed by atoms with Gasteiger partial charge in [-0.2, -0.15) is 9.61 Å². The van der Waals surface area contributed by atoms with Crippen molar-refractivity contribution >= 4 is 11.5 Å². The van der Waals surface area contributed by atoms with Crippen LogP contribution < -0.4 is 11.3 Å². The molecule has 0 atom stereocenters. The van der Waals surface area contributed by atoms with Crippen LogP contribution in [0.25, 0.3) is 16.9 Å². The van der Waals surface area contributed by atoms with Gasteiger partial charge in [-0.15, -0.1) is 0 Å². The third kappa shape index (κ3) is 2.12. The molecule has 0 bridgehead atoms. The van der Waals surface area contributed by atoms with E-state index in [9.17, 15) is 0 Å². The quantitative estimate of drug-likeness (QED) is 0.565. The van der Waals surface area contributed by atoms with Gasteiger partial charge in [-0.1, -0.05) is 30.7 Å². The van der Waals surface area contributed by atoms with E-state index in [1.54, 1.807) is 4.52 Å². The Balaban J connectivity index is 2.19. The minimum atomic E-state index is 0.741. The lowest BCUT2D eigenvalue weighted by molar-refractivity contribution is 0.913. The average Bonchev–Trinajstić information content (AvgIpc) is 2.90. The van der Waals surface area contributed by atoms with Crippen molar-refractivity contribution in [2.45, 2.75) is 20.3 Å². The summed E-state index contributed by atoms with van der Waals surface area (Å²) < 4.78 is 1.73. The van der Waals surface area contributed by atoms with Crippen molar-refractivity contribution in [2.75, 3.05) is 5.43 Å². The van der Waals surface area contributed by atoms with Gasteiger partial charge in [-0.3, -0.25) is 0 Å². The number of aryl methyl sites for hydroxylation is 2. The third-order valence-electron chi connectivity index (χ3n) is 3.30. The Morgan fingerprint density at radius 3 is 2.80 bits per heavy atom. The molecule has 2 aromatic heterocycles. The Bertz CT molecular complexity index is 760. The predicted octanol–water partition coefficient (Wildman–Crippen LogP) is 2.55. The normalized spacial score (nSPS) is 10.9. The molecule has 0 saturated carbocycles. The number of anilines is 1. The van der Waals surface area contributed by atoms with Crippen LogP contribution in [-0.4, -0.2) is 14.6 Å². The van der Waals surface area contributed by atoms with E-state index in [-0.39, 0.29) is 0 Å². The summed E-state index contributed by atoms with van der Waals surface area (Å²) in [5.74, 6) is 6.31. The zero-order valence-electron chi connectivity index (χ0n) is 11.6. The van der Waals surface area contributed by atoms with Gasteiger partial charge in [0.25, 0.3) is 0 Å². The van der Waals surface area contributed by atoms with Crippen LogP contribution in [0.3, 0.4) is 0 Å². The van der Waals surface area contributed by atoms with Crippen LogP contribution in [-0.2, 0) is 6.42 Å². The summed E-state index contributed by atoms with van der Waals surface area (Å²) in [5, 5.41) is 4.58. The smallest absolute Gasteiger partial charge is 0.158 e. The van der Waals surface area contributed by atoms with Crippen molar-refractivity contribution in [3.8, 4) is 11.3 Å². The first-order chi connectivity index (χ1) is 9.71. The number of nitrogens with zero attached hydrogens (tertiary/aromatic N) is 3. The molecule has 102 valence electrons. The Morgan fingerprint density at radius 1 is 1.25 bits per heavy atom. The van der Waals surface area contributed by atoms with Crippen molar-refractivity contribution in [3.63, 3.8) is 0 Å². The fraction of sp³-hybridized carbons (Fsp3) is 0.200. The summed E-state index contributed by atoms with van der Waals surface area (Å²) in [6, 6.07) is 12.2. The average molecular weight is 267 g/mol. The molecule has 0 aliphatic rings. The van der Waals surface area contributed by atoms with Crippen LogP contribution in [0.4, 0.5) is 5.82 Å². The van der Waals surface area contributed by atoms with E-state index in [4.69, 9.17) is 5.84 Å². The molecule has 0 radical (unpaired) electrons. The second-order valence-corrected chi connectivity index (χ2v) is 4.80. The topological polar surface area (TPSA) is 68.2 Å². The van der Waals surface area contributed by atoms with Gasteiger partial charge in [0.15, 0.2) is 5.65 Å². The van der Waals surface area contributed by atoms with Crippen LogP contribution in [0.15, 0.2) is 36.4 Å². The molecule has 5 heteroatoms. The highest BCUT2D eigenvalue weighted by molar-refractivity contribution is 5.66. The number of hydrogen-bond donors (Lipinski definition) is 2. The summed E-state index contributed by atoms with van der Waals surface area (Å²) in [5.41, 5.74) is 7.65. The summed E-state index contributed by atoms with van der Waals surface area (Å²) >= 11 is 0. The summed E-state index contributed by atoms with van der Waals surface area (Å²) in [7, 11) is 0. The van der Waals surface area contributed by atoms with Gasteiger partial charge in [-0.25, -0.2) is 10.8 Å². The number of nitrogens with one attached hydrogen (secondary N) is 1. The summed E-state index contributed by atoms with van der Waals surface area (Å²) in [6.07, 6.45) is 0.857. The second kappa shape index (κ2) is 4.94. The fourth-order valence-electron chi connectivity index (χ4n) is 2.26. The Morgan fingerprint density at radius 2 is 2.10 bits per heavy atom. The zero-order valence-corrected chi connectivity index (χ0v) is 11.6. The Hall–Kier alpha value is -2.40. The van der Waals surface area contributed by atoms with E-state index in [0.29, 0.717) is 0 Å². The monoisotopic (exact) mass is 267 g/mol. The molecule has 0 aliphatic heterocycles. The van der Waals surface area contributed by atoms with Crippen molar-refractivity contribution in [1.29, 1.82) is 0 Å². The van der Waals surface area contributed by atoms with Gasteiger partial charge in [-0.05, 0) is 19.4 Å². The van der Waals surface area contributed by atoms with Gasteiger partial charge in [0, 0.05) is 23.4 Å². The van der Waals surface area contributed by atoms with Crippen LogP contribution in [0.2, 0.25) is 0 Å². The lowest BCUT2D eigenvalue weighted by atomic mass is 10.1. The number of aromatic nitrogens is 3. The molecule has 3 rings (SSSR count). The molecular formula is C15H17N5. The maximum atomic E-state index is 5.57. The molecule has 0 unspecified atom stereocenters. The molecule has 0 amide bonds. The number of nitrogens with two attached hydrogens (primary N) is 1. The maximum Gasteiger partial charge on any atom is 0.158 e. The highest BCUT2D eigenvalue weighted by atomic mass is 15.4. The first-order valence-corrected chi connectivity index (χ1v) is 6.64. The minimum Gasteiger partial charge on any atom is -0.308 e. The number of benzene rings is 1. The van der Waals surface area contributed by atoms with Crippen molar-refractivity contribution in [3.05, 3.63) is 47.7 Å². The van der Waals surface area contributed by atoms with Crippen LogP contribution in [0.5, 0.6) is 0 Å². The number of hydrogen-bond acceptors (Lipinski definition) is 4. The van der Waals surface area contributed by atoms with Gasteiger partial charge in [0.05, 0.1) is 5.69 Å². The SMILES string of the molecule is CCc1cc(NN)n2nc(-c3cccc(C)c3)cc2n1. The molecule has 0 spiro atoms. The molecular weight excluding hydrogens is 250 g/mol. The van der Waals surface area contributed by atoms with Gasteiger partial charge < -0.3 is 5.43 Å². The minimum absolute atomic E-state index is 0.741. The Kier molecular flexibility index (Phi) is 3.12. The van der Waals surface area contributed by atoms with Gasteiger partial charge in [0.1, 0.15) is 5.82 Å². The number of fused-ring (bicyclic) bond motifs is 1. The van der Waals surface area contributed by atoms with Crippen molar-refractivity contribution in [2.24, 2.45) is 5.84 Å². The number of rotatable bonds is 3. The molecule has 1 aromatic carbocycles. The highest BCUT2D eigenvalue weighted by Crippen LogP contribution is 2.22. The van der Waals surface area contributed by atoms with Crippen LogP contribution in [0.1, 0.15) is 18.2 Å². The van der Waals surface area contributed by atoms with Gasteiger partial charge >= 0.3 is 0 Å². The first kappa shape index (κ1) is 12.6. The molecule has 0 fully saturated rings. The molecule has 0 aliphatic carbocycles. The standard InChI is InChI=1S/C15H17N5/c1-3-12-8-15(18-16)20-14(17-12)9-13(19-20)11-6-4-5-10(2)7-11/h4-9,18H,3,16H2,1-2H3. The Labute approximate surface area is 117 Å². The third-order valence-corrected chi connectivity index (χ3v) is 3.30. The number of hydrazine groups is 1. The molecule has 3 aromatic rings. The summed E-state index contributed by atoms with van der Waals surface area (Å²) in [6.45, 7) is 4.14. The van der Waals surface area contributed by atoms with E-state index >= 15 is 0 Å². The lowest BCUT2D eigenvalue weighted by Gasteiger charge is -2.05. The van der Waals surface area contributed by atoms with Crippen molar-refractivity contribution in [1.82, 2.24) is 14.6 Å². The molecule has 3 N–H and O–H groups in total. The molecule has 2 heterocycles. The first-order valence-electron chi connectivity index (χ1n) is 6.64. The highest BCUT2D eigenvalue weighted by Gasteiger charge is 2.09. The predicted molar refractivity (Wildman–Crippen MR) is 80.3 cm³/mol. The fourth-order valence-corrected chi connectivity index (χ4v) is 2.26. The van der Waals surface area contributed by atoms with Gasteiger partial charge in [0.2, 0.25) is 0 Å². The van der Waals surface area contributed by atoms with E-state index < -0.39 is 0 Å². The molecule has 20 heavy (non-hydrogen) atoms. The van der Waals surface area contributed by atoms with Crippen LogP contribution in [0, 0.1) is 6.92 Å². The maximum absolute atomic E-state index is 5.57. The summed E-state index contributed by atoms with van der Waals surface area (Å²) in [4.78, 5) is 4.58. The van der Waals surface area contributed by atoms with E-state index in [0.717, 1.165) is 34.8 Å². The van der Waals surface area contributed by atoms with E-state index in [1.165, 1.54) is 5.56 Å². The van der Waals surface area contributed by atoms with E-state index in [1.807, 2.05) is 24.3 Å². The van der Waals surface area contributed by atoms with E-state index in [2.05, 4.69) is 41.5 Å². The van der Waals surface area contributed by atoms with Crippen molar-refractivity contribution < 1.29 is 0 Å². The number of nitrogen functional groups attached to an aromatic ring is 1. The lowest BCUT2D eigenvalue weighted by Crippen LogP contribution is -2.12. The molecule has 0 saturated heterocycles. The zero-order chi connectivity index (χ0) is 14.1. The second-order valence-electron chi connectivity index (χ2n) is 4.80. The van der Waals surface area contributed by atoms with Crippen LogP contribution >= 0.6 is 0 Å². The largest absolute Gasteiger partial charge is 0.308 e.